The maximum Gasteiger partial charge on any atom is 0.328 e. The van der Waals surface area contributed by atoms with E-state index in [9.17, 15) is 9.59 Å². The summed E-state index contributed by atoms with van der Waals surface area (Å²) in [5.41, 5.74) is 5.83. The van der Waals surface area contributed by atoms with E-state index < -0.39 is 6.04 Å². The van der Waals surface area contributed by atoms with E-state index in [0.717, 1.165) is 32.1 Å². The summed E-state index contributed by atoms with van der Waals surface area (Å²) in [5, 5.41) is 2.86. The standard InChI is InChI=1S/C16H30N2O3/c1-4-12(2)14(15(20)21-3)18-13(19)10-16(11-17)8-6-5-7-9-16/h12,14H,4-11,17H2,1-3H3,(H,18,19)/t12-,14-/m0/s1. The molecule has 0 spiro atoms. The largest absolute Gasteiger partial charge is 0.467 e. The SMILES string of the molecule is CC[C@H](C)[C@H](NC(=O)CC1(CN)CCCCC1)C(=O)OC. The Labute approximate surface area is 128 Å². The smallest absolute Gasteiger partial charge is 0.328 e. The van der Waals surface area contributed by atoms with E-state index in [0.29, 0.717) is 13.0 Å². The van der Waals surface area contributed by atoms with E-state index in [1.165, 1.54) is 13.5 Å². The Hall–Kier alpha value is -1.10. The van der Waals surface area contributed by atoms with Gasteiger partial charge in [0.1, 0.15) is 6.04 Å². The number of rotatable bonds is 7. The van der Waals surface area contributed by atoms with E-state index in [1.807, 2.05) is 13.8 Å². The Kier molecular flexibility index (Phi) is 7.15. The predicted octanol–water partition coefficient (Wildman–Crippen LogP) is 1.99. The molecule has 5 nitrogen and oxygen atoms in total. The van der Waals surface area contributed by atoms with Crippen molar-refractivity contribution in [1.29, 1.82) is 0 Å². The second-order valence-electron chi connectivity index (χ2n) is 6.40. The fourth-order valence-corrected chi connectivity index (χ4v) is 3.12. The molecule has 1 aliphatic rings. The molecular weight excluding hydrogens is 268 g/mol. The molecule has 1 saturated carbocycles. The van der Waals surface area contributed by atoms with Gasteiger partial charge < -0.3 is 15.8 Å². The average Bonchev–Trinajstić information content (AvgIpc) is 2.52. The lowest BCUT2D eigenvalue weighted by atomic mass is 9.71. The van der Waals surface area contributed by atoms with E-state index >= 15 is 0 Å². The van der Waals surface area contributed by atoms with Crippen molar-refractivity contribution in [2.75, 3.05) is 13.7 Å². The van der Waals surface area contributed by atoms with Gasteiger partial charge in [-0.15, -0.1) is 0 Å². The Morgan fingerprint density at radius 3 is 2.38 bits per heavy atom. The van der Waals surface area contributed by atoms with Crippen LogP contribution in [0.1, 0.15) is 58.8 Å². The van der Waals surface area contributed by atoms with Crippen molar-refractivity contribution in [1.82, 2.24) is 5.32 Å². The van der Waals surface area contributed by atoms with Gasteiger partial charge in [-0.1, -0.05) is 39.5 Å². The maximum absolute atomic E-state index is 12.4. The molecule has 1 rings (SSSR count). The van der Waals surface area contributed by atoms with Crippen molar-refractivity contribution >= 4 is 11.9 Å². The van der Waals surface area contributed by atoms with Crippen LogP contribution in [-0.2, 0) is 14.3 Å². The molecule has 0 saturated heterocycles. The summed E-state index contributed by atoms with van der Waals surface area (Å²) in [5.74, 6) is -0.400. The number of carbonyl (C=O) groups is 2. The molecule has 0 bridgehead atoms. The molecular formula is C16H30N2O3. The van der Waals surface area contributed by atoms with Gasteiger partial charge >= 0.3 is 5.97 Å². The van der Waals surface area contributed by atoms with Gasteiger partial charge in [0.25, 0.3) is 0 Å². The molecule has 0 aromatic rings. The lowest BCUT2D eigenvalue weighted by Gasteiger charge is -2.36. The lowest BCUT2D eigenvalue weighted by molar-refractivity contribution is -0.147. The predicted molar refractivity (Wildman–Crippen MR) is 82.6 cm³/mol. The van der Waals surface area contributed by atoms with Gasteiger partial charge in [-0.2, -0.15) is 0 Å². The fraction of sp³-hybridized carbons (Fsp3) is 0.875. The summed E-state index contributed by atoms with van der Waals surface area (Å²) in [4.78, 5) is 24.2. The molecule has 3 N–H and O–H groups in total. The van der Waals surface area contributed by atoms with Crippen molar-refractivity contribution < 1.29 is 14.3 Å². The van der Waals surface area contributed by atoms with Crippen LogP contribution in [-0.4, -0.2) is 31.6 Å². The molecule has 122 valence electrons. The maximum atomic E-state index is 12.4. The highest BCUT2D eigenvalue weighted by atomic mass is 16.5. The highest BCUT2D eigenvalue weighted by Gasteiger charge is 2.35. The number of hydrogen-bond donors (Lipinski definition) is 2. The third kappa shape index (κ3) is 4.99. The number of ether oxygens (including phenoxy) is 1. The third-order valence-electron chi connectivity index (χ3n) is 4.87. The minimum atomic E-state index is -0.564. The van der Waals surface area contributed by atoms with Crippen LogP contribution in [0, 0.1) is 11.3 Å². The monoisotopic (exact) mass is 298 g/mol. The molecule has 0 heterocycles. The van der Waals surface area contributed by atoms with Crippen molar-refractivity contribution in [3.63, 3.8) is 0 Å². The average molecular weight is 298 g/mol. The number of methoxy groups -OCH3 is 1. The second kappa shape index (κ2) is 8.37. The summed E-state index contributed by atoms with van der Waals surface area (Å²) < 4.78 is 4.80. The van der Waals surface area contributed by atoms with Crippen LogP contribution >= 0.6 is 0 Å². The van der Waals surface area contributed by atoms with Crippen LogP contribution in [0.5, 0.6) is 0 Å². The quantitative estimate of drug-likeness (QED) is 0.704. The molecule has 0 unspecified atom stereocenters. The van der Waals surface area contributed by atoms with Crippen molar-refractivity contribution in [3.05, 3.63) is 0 Å². The van der Waals surface area contributed by atoms with Crippen LogP contribution in [0.4, 0.5) is 0 Å². The molecule has 5 heteroatoms. The number of carbonyl (C=O) groups excluding carboxylic acids is 2. The first-order valence-corrected chi connectivity index (χ1v) is 8.05. The number of nitrogens with one attached hydrogen (secondary N) is 1. The van der Waals surface area contributed by atoms with Crippen molar-refractivity contribution in [3.8, 4) is 0 Å². The summed E-state index contributed by atoms with van der Waals surface area (Å²) in [6, 6.07) is -0.564. The molecule has 1 amide bonds. The molecule has 0 aromatic carbocycles. The lowest BCUT2D eigenvalue weighted by Crippen LogP contribution is -2.48. The van der Waals surface area contributed by atoms with Crippen molar-refractivity contribution in [2.24, 2.45) is 17.1 Å². The van der Waals surface area contributed by atoms with Crippen LogP contribution in [0.3, 0.4) is 0 Å². The molecule has 0 aromatic heterocycles. The zero-order valence-corrected chi connectivity index (χ0v) is 13.6. The zero-order chi connectivity index (χ0) is 15.9. The van der Waals surface area contributed by atoms with Gasteiger partial charge in [-0.25, -0.2) is 4.79 Å². The van der Waals surface area contributed by atoms with Crippen LogP contribution in [0.25, 0.3) is 0 Å². The number of amides is 1. The Morgan fingerprint density at radius 2 is 1.90 bits per heavy atom. The van der Waals surface area contributed by atoms with Gasteiger partial charge in [0, 0.05) is 6.42 Å². The Morgan fingerprint density at radius 1 is 1.29 bits per heavy atom. The first kappa shape index (κ1) is 18.0. The zero-order valence-electron chi connectivity index (χ0n) is 13.6. The normalized spacial score (nSPS) is 20.4. The minimum Gasteiger partial charge on any atom is -0.467 e. The topological polar surface area (TPSA) is 81.4 Å². The van der Waals surface area contributed by atoms with Gasteiger partial charge in [0.15, 0.2) is 0 Å². The van der Waals surface area contributed by atoms with E-state index in [4.69, 9.17) is 10.5 Å². The van der Waals surface area contributed by atoms with Gasteiger partial charge in [-0.05, 0) is 30.7 Å². The minimum absolute atomic E-state index is 0.0570. The van der Waals surface area contributed by atoms with E-state index in [2.05, 4.69) is 5.32 Å². The molecule has 2 atom stereocenters. The first-order chi connectivity index (χ1) is 9.98. The Balaban J connectivity index is 2.66. The fourth-order valence-electron chi connectivity index (χ4n) is 3.12. The summed E-state index contributed by atoms with van der Waals surface area (Å²) in [6.45, 7) is 4.48. The van der Waals surface area contributed by atoms with E-state index in [1.54, 1.807) is 0 Å². The van der Waals surface area contributed by atoms with Gasteiger partial charge in [0.2, 0.25) is 5.91 Å². The number of hydrogen-bond acceptors (Lipinski definition) is 4. The highest BCUT2D eigenvalue weighted by Crippen LogP contribution is 2.38. The van der Waals surface area contributed by atoms with Crippen LogP contribution in [0.2, 0.25) is 0 Å². The Bertz CT molecular complexity index is 351. The van der Waals surface area contributed by atoms with Crippen LogP contribution < -0.4 is 11.1 Å². The van der Waals surface area contributed by atoms with Crippen LogP contribution in [0.15, 0.2) is 0 Å². The van der Waals surface area contributed by atoms with E-state index in [-0.39, 0.29) is 23.2 Å². The third-order valence-corrected chi connectivity index (χ3v) is 4.87. The summed E-state index contributed by atoms with van der Waals surface area (Å²) >= 11 is 0. The summed E-state index contributed by atoms with van der Waals surface area (Å²) in [6.07, 6.45) is 6.72. The first-order valence-electron chi connectivity index (χ1n) is 8.05. The molecule has 1 fully saturated rings. The highest BCUT2D eigenvalue weighted by molar-refractivity contribution is 5.85. The molecule has 21 heavy (non-hydrogen) atoms. The molecule has 0 radical (unpaired) electrons. The number of nitrogens with two attached hydrogens (primary N) is 1. The van der Waals surface area contributed by atoms with Crippen molar-refractivity contribution in [2.45, 2.75) is 64.8 Å². The van der Waals surface area contributed by atoms with Gasteiger partial charge in [0.05, 0.1) is 7.11 Å². The molecule has 1 aliphatic carbocycles. The number of esters is 1. The summed E-state index contributed by atoms with van der Waals surface area (Å²) in [7, 11) is 1.35. The second-order valence-corrected chi connectivity index (χ2v) is 6.40. The van der Waals surface area contributed by atoms with Gasteiger partial charge in [-0.3, -0.25) is 4.79 Å². The molecule has 0 aliphatic heterocycles.